The van der Waals surface area contributed by atoms with E-state index in [1.54, 1.807) is 12.1 Å². The molecule has 2 heterocycles. The molecule has 8 nitrogen and oxygen atoms in total. The molecule has 1 fully saturated rings. The molecule has 1 aliphatic carbocycles. The monoisotopic (exact) mass is 578 g/mol. The summed E-state index contributed by atoms with van der Waals surface area (Å²) in [5, 5.41) is 22.5. The quantitative estimate of drug-likeness (QED) is 0.255. The van der Waals surface area contributed by atoms with Gasteiger partial charge < -0.3 is 20.5 Å². The van der Waals surface area contributed by atoms with Crippen molar-refractivity contribution in [3.63, 3.8) is 0 Å². The third-order valence-corrected chi connectivity index (χ3v) is 8.71. The molecule has 43 heavy (non-hydrogen) atoms. The Balaban J connectivity index is 1.21. The van der Waals surface area contributed by atoms with Crippen LogP contribution < -0.4 is 20.9 Å². The smallest absolute Gasteiger partial charge is 0.272 e. The highest BCUT2D eigenvalue weighted by atomic mass is 16.5. The molecule has 2 aliphatic rings. The van der Waals surface area contributed by atoms with Gasteiger partial charge in [0.25, 0.3) is 11.5 Å². The molecule has 3 aromatic carbocycles. The lowest BCUT2D eigenvalue weighted by Crippen LogP contribution is -2.52. The number of nitrogens with zero attached hydrogens (tertiary/aromatic N) is 2. The molecule has 1 amide bonds. The van der Waals surface area contributed by atoms with Gasteiger partial charge in [-0.15, -0.1) is 0 Å². The van der Waals surface area contributed by atoms with Crippen LogP contribution in [0.3, 0.4) is 0 Å². The number of hydrogen-bond donors (Lipinski definition) is 3. The van der Waals surface area contributed by atoms with E-state index in [2.05, 4.69) is 40.9 Å². The number of carbonyl (C=O) groups is 1. The zero-order chi connectivity index (χ0) is 29.8. The fourth-order valence-corrected chi connectivity index (χ4v) is 6.08. The van der Waals surface area contributed by atoms with Crippen LogP contribution >= 0.6 is 0 Å². The van der Waals surface area contributed by atoms with Crippen LogP contribution in [0.5, 0.6) is 5.75 Å². The summed E-state index contributed by atoms with van der Waals surface area (Å²) in [5.74, 6) is 0.464. The van der Waals surface area contributed by atoms with Gasteiger partial charge in [-0.3, -0.25) is 9.59 Å². The first-order valence-electron chi connectivity index (χ1n) is 15.2. The van der Waals surface area contributed by atoms with Crippen LogP contribution in [-0.2, 0) is 12.8 Å². The largest absolute Gasteiger partial charge is 0.487 e. The third kappa shape index (κ3) is 6.40. The number of amides is 1. The van der Waals surface area contributed by atoms with Crippen molar-refractivity contribution in [3.8, 4) is 11.4 Å². The SMILES string of the molecule is CCc1ccc2c(c1)[C@@H](NC[C@@H](O)[C@H](Cc1ccccc1)NC(=O)c1ccc(=O)n(-c3ccccc3)n1)CC1(CCC1)O2. The second-order valence-electron chi connectivity index (χ2n) is 11.7. The first-order valence-corrected chi connectivity index (χ1v) is 15.2. The van der Waals surface area contributed by atoms with Crippen LogP contribution in [0.4, 0.5) is 0 Å². The van der Waals surface area contributed by atoms with Crippen LogP contribution in [-0.4, -0.2) is 45.1 Å². The van der Waals surface area contributed by atoms with Gasteiger partial charge in [0.05, 0.1) is 17.8 Å². The van der Waals surface area contributed by atoms with Crippen molar-refractivity contribution < 1.29 is 14.6 Å². The minimum atomic E-state index is -0.887. The van der Waals surface area contributed by atoms with Crippen LogP contribution in [0.1, 0.15) is 65.8 Å². The number of aromatic nitrogens is 2. The number of aliphatic hydroxyl groups excluding tert-OH is 1. The Bertz CT molecular complexity index is 1620. The fourth-order valence-electron chi connectivity index (χ4n) is 6.08. The van der Waals surface area contributed by atoms with E-state index in [0.29, 0.717) is 12.1 Å². The summed E-state index contributed by atoms with van der Waals surface area (Å²) in [4.78, 5) is 26.0. The molecule has 0 bridgehead atoms. The summed E-state index contributed by atoms with van der Waals surface area (Å²) in [6, 6.07) is 27.4. The summed E-state index contributed by atoms with van der Waals surface area (Å²) < 4.78 is 7.69. The molecule has 222 valence electrons. The maximum atomic E-state index is 13.5. The van der Waals surface area contributed by atoms with Crippen molar-refractivity contribution in [2.24, 2.45) is 0 Å². The standard InChI is InChI=1S/C35H38N4O4/c1-2-24-14-16-32-27(20-24)30(22-35(43-32)18-9-19-35)36-23-31(40)29(21-25-10-5-3-6-11-25)37-34(42)28-15-17-33(41)39(38-28)26-12-7-4-8-13-26/h3-8,10-17,20,29-31,36,40H,2,9,18-19,21-23H2,1H3,(H,37,42)/t29-,30-,31+/m0/s1. The highest BCUT2D eigenvalue weighted by Crippen LogP contribution is 2.49. The minimum Gasteiger partial charge on any atom is -0.487 e. The van der Waals surface area contributed by atoms with Crippen molar-refractivity contribution >= 4 is 5.91 Å². The first kappa shape index (κ1) is 28.8. The van der Waals surface area contributed by atoms with E-state index in [0.717, 1.165) is 49.0 Å². The number of nitrogens with one attached hydrogen (secondary N) is 2. The van der Waals surface area contributed by atoms with Gasteiger partial charge in [-0.25, -0.2) is 0 Å². The number of carbonyl (C=O) groups excluding carboxylic acids is 1. The van der Waals surface area contributed by atoms with E-state index < -0.39 is 18.1 Å². The highest BCUT2D eigenvalue weighted by molar-refractivity contribution is 5.92. The van der Waals surface area contributed by atoms with E-state index in [4.69, 9.17) is 4.74 Å². The lowest BCUT2D eigenvalue weighted by atomic mass is 9.72. The lowest BCUT2D eigenvalue weighted by Gasteiger charge is -2.48. The number of aliphatic hydroxyl groups is 1. The normalized spacial score (nSPS) is 18.1. The van der Waals surface area contributed by atoms with Crippen molar-refractivity contribution in [1.82, 2.24) is 20.4 Å². The van der Waals surface area contributed by atoms with E-state index in [9.17, 15) is 14.7 Å². The Morgan fingerprint density at radius 2 is 1.77 bits per heavy atom. The van der Waals surface area contributed by atoms with Gasteiger partial charge in [0, 0.05) is 30.6 Å². The summed E-state index contributed by atoms with van der Waals surface area (Å²) in [6.07, 6.45) is 4.56. The van der Waals surface area contributed by atoms with Gasteiger partial charge in [0.1, 0.15) is 17.0 Å². The Morgan fingerprint density at radius 1 is 1.02 bits per heavy atom. The second-order valence-corrected chi connectivity index (χ2v) is 11.7. The Morgan fingerprint density at radius 3 is 2.47 bits per heavy atom. The zero-order valence-corrected chi connectivity index (χ0v) is 24.4. The molecule has 1 spiro atoms. The van der Waals surface area contributed by atoms with Gasteiger partial charge in [-0.1, -0.05) is 67.6 Å². The number of aryl methyl sites for hydroxylation is 1. The predicted octanol–water partition coefficient (Wildman–Crippen LogP) is 4.53. The number of rotatable bonds is 10. The van der Waals surface area contributed by atoms with Crippen LogP contribution in [0.15, 0.2) is 95.8 Å². The molecule has 4 aromatic rings. The summed E-state index contributed by atoms with van der Waals surface area (Å²) in [5.41, 5.74) is 3.55. The van der Waals surface area contributed by atoms with Crippen molar-refractivity contribution in [2.75, 3.05) is 6.54 Å². The molecule has 1 saturated carbocycles. The van der Waals surface area contributed by atoms with E-state index in [-0.39, 0.29) is 29.4 Å². The summed E-state index contributed by atoms with van der Waals surface area (Å²) in [6.45, 7) is 2.42. The third-order valence-electron chi connectivity index (χ3n) is 8.71. The maximum Gasteiger partial charge on any atom is 0.272 e. The van der Waals surface area contributed by atoms with Crippen LogP contribution in [0.25, 0.3) is 5.69 Å². The summed E-state index contributed by atoms with van der Waals surface area (Å²) in [7, 11) is 0. The fraction of sp³-hybridized carbons (Fsp3) is 0.343. The highest BCUT2D eigenvalue weighted by Gasteiger charge is 2.45. The summed E-state index contributed by atoms with van der Waals surface area (Å²) >= 11 is 0. The van der Waals surface area contributed by atoms with Crippen LogP contribution in [0.2, 0.25) is 0 Å². The van der Waals surface area contributed by atoms with E-state index >= 15 is 0 Å². The number of benzene rings is 3. The van der Waals surface area contributed by atoms with Crippen LogP contribution in [0, 0.1) is 0 Å². The molecule has 3 atom stereocenters. The molecule has 6 rings (SSSR count). The molecule has 0 unspecified atom stereocenters. The lowest BCUT2D eigenvalue weighted by molar-refractivity contribution is -0.0382. The zero-order valence-electron chi connectivity index (χ0n) is 24.4. The number of fused-ring (bicyclic) bond motifs is 1. The second kappa shape index (κ2) is 12.5. The molecular weight excluding hydrogens is 540 g/mol. The minimum absolute atomic E-state index is 0.0365. The van der Waals surface area contributed by atoms with Crippen molar-refractivity contribution in [3.05, 3.63) is 124 Å². The molecular formula is C35H38N4O4. The van der Waals surface area contributed by atoms with Gasteiger partial charge in [-0.2, -0.15) is 9.78 Å². The van der Waals surface area contributed by atoms with Gasteiger partial charge >= 0.3 is 0 Å². The predicted molar refractivity (Wildman–Crippen MR) is 166 cm³/mol. The number of hydrogen-bond acceptors (Lipinski definition) is 6. The van der Waals surface area contributed by atoms with Gasteiger partial charge in [0.2, 0.25) is 0 Å². The molecule has 0 saturated heterocycles. The Hall–Kier alpha value is -4.27. The van der Waals surface area contributed by atoms with Gasteiger partial charge in [-0.05, 0) is 67.5 Å². The van der Waals surface area contributed by atoms with E-state index in [1.165, 1.54) is 22.4 Å². The molecule has 0 radical (unpaired) electrons. The molecule has 1 aromatic heterocycles. The number of ether oxygens (including phenoxy) is 1. The van der Waals surface area contributed by atoms with Crippen molar-refractivity contribution in [2.45, 2.75) is 69.2 Å². The maximum absolute atomic E-state index is 13.5. The molecule has 8 heteroatoms. The molecule has 3 N–H and O–H groups in total. The first-order chi connectivity index (χ1) is 20.9. The van der Waals surface area contributed by atoms with Gasteiger partial charge in [0.15, 0.2) is 0 Å². The average Bonchev–Trinajstić information content (AvgIpc) is 3.03. The Kier molecular flexibility index (Phi) is 8.40. The Labute approximate surface area is 251 Å². The molecule has 1 aliphatic heterocycles. The van der Waals surface area contributed by atoms with Crippen molar-refractivity contribution in [1.29, 1.82) is 0 Å². The number of para-hydroxylation sites is 1. The van der Waals surface area contributed by atoms with E-state index in [1.807, 2.05) is 48.5 Å². The topological polar surface area (TPSA) is 105 Å². The average molecular weight is 579 g/mol.